The molecule has 1 aromatic rings. The third-order valence-electron chi connectivity index (χ3n) is 4.01. The van der Waals surface area contributed by atoms with Gasteiger partial charge in [0.2, 0.25) is 0 Å². The van der Waals surface area contributed by atoms with E-state index in [1.807, 2.05) is 6.33 Å². The van der Waals surface area contributed by atoms with Crippen LogP contribution < -0.4 is 0 Å². The van der Waals surface area contributed by atoms with Crippen LogP contribution in [0.25, 0.3) is 0 Å². The van der Waals surface area contributed by atoms with Crippen molar-refractivity contribution in [1.82, 2.24) is 14.5 Å². The van der Waals surface area contributed by atoms with Crippen LogP contribution in [0.3, 0.4) is 0 Å². The summed E-state index contributed by atoms with van der Waals surface area (Å²) in [6, 6.07) is 0. The van der Waals surface area contributed by atoms with Gasteiger partial charge in [0.15, 0.2) is 0 Å². The van der Waals surface area contributed by atoms with E-state index in [1.54, 1.807) is 0 Å². The number of hydrogen-bond donors (Lipinski definition) is 0. The second-order valence-corrected chi connectivity index (χ2v) is 5.29. The highest BCUT2D eigenvalue weighted by atomic mass is 15.2. The maximum Gasteiger partial charge on any atom is 0.0948 e. The predicted molar refractivity (Wildman–Crippen MR) is 64.4 cm³/mol. The summed E-state index contributed by atoms with van der Waals surface area (Å²) in [6.07, 6.45) is 8.21. The summed E-state index contributed by atoms with van der Waals surface area (Å²) in [7, 11) is 0. The minimum absolute atomic E-state index is 0.825. The lowest BCUT2D eigenvalue weighted by atomic mass is 10.1. The Bertz CT molecular complexity index is 354. The fourth-order valence-electron chi connectivity index (χ4n) is 2.83. The minimum atomic E-state index is 0.825. The molecule has 3 rings (SSSR count). The molecule has 0 spiro atoms. The summed E-state index contributed by atoms with van der Waals surface area (Å²) in [5, 5.41) is 0. The summed E-state index contributed by atoms with van der Waals surface area (Å²) in [4.78, 5) is 6.87. The van der Waals surface area contributed by atoms with Gasteiger partial charge in [0.1, 0.15) is 0 Å². The summed E-state index contributed by atoms with van der Waals surface area (Å²) in [5.41, 5.74) is 1.48. The number of likely N-dealkylation sites (tertiary alicyclic amines) is 1. The van der Waals surface area contributed by atoms with Gasteiger partial charge < -0.3 is 9.47 Å². The van der Waals surface area contributed by atoms with Crippen molar-refractivity contribution in [3.8, 4) is 0 Å². The molecule has 1 aliphatic heterocycles. The van der Waals surface area contributed by atoms with E-state index in [9.17, 15) is 0 Å². The van der Waals surface area contributed by atoms with Gasteiger partial charge in [0.25, 0.3) is 0 Å². The summed E-state index contributed by atoms with van der Waals surface area (Å²) >= 11 is 0. The zero-order valence-electron chi connectivity index (χ0n) is 10.1. The number of hydrogen-bond acceptors (Lipinski definition) is 2. The van der Waals surface area contributed by atoms with Crippen LogP contribution in [0, 0.1) is 5.92 Å². The molecule has 2 aliphatic rings. The van der Waals surface area contributed by atoms with Gasteiger partial charge >= 0.3 is 0 Å². The van der Waals surface area contributed by atoms with Crippen molar-refractivity contribution in [2.75, 3.05) is 19.6 Å². The van der Waals surface area contributed by atoms with Gasteiger partial charge in [-0.2, -0.15) is 0 Å². The molecule has 3 heteroatoms. The van der Waals surface area contributed by atoms with Crippen molar-refractivity contribution in [3.05, 3.63) is 18.2 Å². The molecule has 0 aromatic carbocycles. The molecule has 1 unspecified atom stereocenters. The smallest absolute Gasteiger partial charge is 0.0948 e. The van der Waals surface area contributed by atoms with Crippen LogP contribution in [0.15, 0.2) is 12.5 Å². The molecule has 1 aliphatic carbocycles. The highest BCUT2D eigenvalue weighted by Gasteiger charge is 2.28. The van der Waals surface area contributed by atoms with E-state index in [0.717, 1.165) is 11.8 Å². The molecule has 2 fully saturated rings. The monoisotopic (exact) mass is 219 g/mol. The van der Waals surface area contributed by atoms with Gasteiger partial charge in [0, 0.05) is 30.9 Å². The largest absolute Gasteiger partial charge is 0.334 e. The average molecular weight is 219 g/mol. The van der Waals surface area contributed by atoms with Crippen molar-refractivity contribution in [3.63, 3.8) is 0 Å². The number of nitrogens with zero attached hydrogens (tertiary/aromatic N) is 3. The van der Waals surface area contributed by atoms with Crippen LogP contribution in [0.4, 0.5) is 0 Å². The lowest BCUT2D eigenvalue weighted by Crippen LogP contribution is -2.21. The molecule has 0 amide bonds. The molecule has 0 radical (unpaired) electrons. The van der Waals surface area contributed by atoms with E-state index < -0.39 is 0 Å². The third kappa shape index (κ3) is 2.01. The maximum atomic E-state index is 4.31. The van der Waals surface area contributed by atoms with Crippen molar-refractivity contribution in [2.24, 2.45) is 5.92 Å². The van der Waals surface area contributed by atoms with Crippen molar-refractivity contribution >= 4 is 0 Å². The average Bonchev–Trinajstić information content (AvgIpc) is 2.88. The highest BCUT2D eigenvalue weighted by Crippen LogP contribution is 2.40. The zero-order chi connectivity index (χ0) is 11.0. The van der Waals surface area contributed by atoms with Gasteiger partial charge in [-0.1, -0.05) is 6.92 Å². The Hall–Kier alpha value is -0.830. The van der Waals surface area contributed by atoms with Crippen LogP contribution in [-0.4, -0.2) is 34.1 Å². The molecule has 88 valence electrons. The molecule has 1 saturated carbocycles. The second kappa shape index (κ2) is 4.21. The maximum absolute atomic E-state index is 4.31. The first-order valence-electron chi connectivity index (χ1n) is 6.59. The van der Waals surface area contributed by atoms with Gasteiger partial charge in [-0.15, -0.1) is 0 Å². The zero-order valence-corrected chi connectivity index (χ0v) is 10.1. The Morgan fingerprint density at radius 2 is 2.25 bits per heavy atom. The first-order valence-corrected chi connectivity index (χ1v) is 6.59. The standard InChI is InChI=1S/C13H21N3/c1-2-15-6-5-11(8-15)9-16-10-14-7-13(16)12-3-4-12/h7,10-12H,2-6,8-9H2,1H3. The van der Waals surface area contributed by atoms with Gasteiger partial charge in [-0.05, 0) is 38.3 Å². The summed E-state index contributed by atoms with van der Waals surface area (Å²) in [5.74, 6) is 1.66. The molecule has 0 bridgehead atoms. The molecular formula is C13H21N3. The van der Waals surface area contributed by atoms with Crippen LogP contribution in [-0.2, 0) is 6.54 Å². The molecule has 16 heavy (non-hydrogen) atoms. The Morgan fingerprint density at radius 3 is 2.94 bits per heavy atom. The minimum Gasteiger partial charge on any atom is -0.334 e. The van der Waals surface area contributed by atoms with E-state index in [0.29, 0.717) is 0 Å². The van der Waals surface area contributed by atoms with E-state index in [2.05, 4.69) is 27.6 Å². The normalized spacial score (nSPS) is 26.4. The third-order valence-corrected chi connectivity index (χ3v) is 4.01. The quantitative estimate of drug-likeness (QED) is 0.773. The predicted octanol–water partition coefficient (Wildman–Crippen LogP) is 2.10. The van der Waals surface area contributed by atoms with Crippen LogP contribution >= 0.6 is 0 Å². The SMILES string of the molecule is CCN1CCC(Cn2cncc2C2CC2)C1. The molecule has 2 heterocycles. The first-order chi connectivity index (χ1) is 7.86. The van der Waals surface area contributed by atoms with Gasteiger partial charge in [-0.25, -0.2) is 4.98 Å². The van der Waals surface area contributed by atoms with Crippen LogP contribution in [0.1, 0.15) is 37.8 Å². The van der Waals surface area contributed by atoms with Gasteiger partial charge in [0.05, 0.1) is 6.33 Å². The summed E-state index contributed by atoms with van der Waals surface area (Å²) in [6.45, 7) is 7.21. The number of aromatic nitrogens is 2. The molecule has 1 aromatic heterocycles. The fourth-order valence-corrected chi connectivity index (χ4v) is 2.83. The van der Waals surface area contributed by atoms with Crippen molar-refractivity contribution in [1.29, 1.82) is 0 Å². The molecule has 0 N–H and O–H groups in total. The van der Waals surface area contributed by atoms with Crippen LogP contribution in [0.2, 0.25) is 0 Å². The van der Waals surface area contributed by atoms with Crippen molar-refractivity contribution < 1.29 is 0 Å². The second-order valence-electron chi connectivity index (χ2n) is 5.29. The van der Waals surface area contributed by atoms with Crippen LogP contribution in [0.5, 0.6) is 0 Å². The van der Waals surface area contributed by atoms with E-state index in [1.165, 1.54) is 51.1 Å². The Morgan fingerprint density at radius 1 is 1.38 bits per heavy atom. The Kier molecular flexibility index (Phi) is 2.72. The topological polar surface area (TPSA) is 21.1 Å². The van der Waals surface area contributed by atoms with E-state index in [-0.39, 0.29) is 0 Å². The molecule has 1 atom stereocenters. The Labute approximate surface area is 97.5 Å². The molecule has 1 saturated heterocycles. The highest BCUT2D eigenvalue weighted by molar-refractivity contribution is 5.12. The van der Waals surface area contributed by atoms with Crippen molar-refractivity contribution in [2.45, 2.75) is 38.6 Å². The first kappa shape index (κ1) is 10.3. The fraction of sp³-hybridized carbons (Fsp3) is 0.769. The lowest BCUT2D eigenvalue weighted by molar-refractivity contribution is 0.331. The lowest BCUT2D eigenvalue weighted by Gasteiger charge is -2.15. The number of imidazole rings is 1. The van der Waals surface area contributed by atoms with E-state index >= 15 is 0 Å². The molecular weight excluding hydrogens is 198 g/mol. The van der Waals surface area contributed by atoms with E-state index in [4.69, 9.17) is 0 Å². The van der Waals surface area contributed by atoms with Gasteiger partial charge in [-0.3, -0.25) is 0 Å². The molecule has 3 nitrogen and oxygen atoms in total. The Balaban J connectivity index is 1.63. The summed E-state index contributed by atoms with van der Waals surface area (Å²) < 4.78 is 2.40. The number of rotatable bonds is 4.